The molecule has 0 aromatic heterocycles. The van der Waals surface area contributed by atoms with Crippen LogP contribution in [-0.2, 0) is 0 Å². The molecule has 1 unspecified atom stereocenters. The van der Waals surface area contributed by atoms with E-state index in [1.54, 1.807) is 23.1 Å². The standard InChI is InChI=1S/C13H13ClN2O/c1-9-7-10(14)4-5-12(9)13(17)16-6-2-3-11(16)8-15/h4-5,7,11H,2-3,6H2,1H3. The van der Waals surface area contributed by atoms with Crippen molar-refractivity contribution in [1.29, 1.82) is 5.26 Å². The van der Waals surface area contributed by atoms with Crippen LogP contribution >= 0.6 is 11.6 Å². The van der Waals surface area contributed by atoms with Gasteiger partial charge in [-0.2, -0.15) is 5.26 Å². The van der Waals surface area contributed by atoms with E-state index >= 15 is 0 Å². The molecule has 1 fully saturated rings. The number of aryl methyl sites for hydroxylation is 1. The Balaban J connectivity index is 2.28. The van der Waals surface area contributed by atoms with Crippen LogP contribution in [0.15, 0.2) is 18.2 Å². The summed E-state index contributed by atoms with van der Waals surface area (Å²) in [5.41, 5.74) is 1.49. The normalized spacial score (nSPS) is 19.1. The van der Waals surface area contributed by atoms with Crippen LogP contribution in [0.4, 0.5) is 0 Å². The Morgan fingerprint density at radius 3 is 3.00 bits per heavy atom. The van der Waals surface area contributed by atoms with E-state index in [9.17, 15) is 4.79 Å². The minimum atomic E-state index is -0.280. The molecule has 3 nitrogen and oxygen atoms in total. The lowest BCUT2D eigenvalue weighted by atomic mass is 10.1. The third-order valence-corrected chi connectivity index (χ3v) is 3.32. The van der Waals surface area contributed by atoms with Crippen LogP contribution in [0.2, 0.25) is 5.02 Å². The second kappa shape index (κ2) is 4.77. The summed E-state index contributed by atoms with van der Waals surface area (Å²) in [7, 11) is 0. The molecule has 0 bridgehead atoms. The van der Waals surface area contributed by atoms with Crippen molar-refractivity contribution in [2.24, 2.45) is 0 Å². The molecular formula is C13H13ClN2O. The molecule has 1 aliphatic rings. The molecule has 17 heavy (non-hydrogen) atoms. The van der Waals surface area contributed by atoms with E-state index in [2.05, 4.69) is 6.07 Å². The molecule has 1 saturated heterocycles. The molecule has 0 N–H and O–H groups in total. The lowest BCUT2D eigenvalue weighted by Crippen LogP contribution is -2.34. The highest BCUT2D eigenvalue weighted by molar-refractivity contribution is 6.30. The summed E-state index contributed by atoms with van der Waals surface area (Å²) >= 11 is 5.86. The quantitative estimate of drug-likeness (QED) is 0.767. The minimum Gasteiger partial charge on any atom is -0.323 e. The second-order valence-electron chi connectivity index (χ2n) is 4.24. The summed E-state index contributed by atoms with van der Waals surface area (Å²) in [4.78, 5) is 13.9. The molecule has 0 aliphatic carbocycles. The average molecular weight is 249 g/mol. The molecule has 0 radical (unpaired) electrons. The smallest absolute Gasteiger partial charge is 0.255 e. The second-order valence-corrected chi connectivity index (χ2v) is 4.68. The van der Waals surface area contributed by atoms with E-state index in [-0.39, 0.29) is 11.9 Å². The Labute approximate surface area is 106 Å². The van der Waals surface area contributed by atoms with E-state index < -0.39 is 0 Å². The van der Waals surface area contributed by atoms with E-state index in [0.717, 1.165) is 18.4 Å². The molecule has 1 amide bonds. The van der Waals surface area contributed by atoms with Crippen molar-refractivity contribution in [2.75, 3.05) is 6.54 Å². The van der Waals surface area contributed by atoms with Crippen molar-refractivity contribution in [3.63, 3.8) is 0 Å². The SMILES string of the molecule is Cc1cc(Cl)ccc1C(=O)N1CCCC1C#N. The molecule has 1 heterocycles. The number of likely N-dealkylation sites (tertiary alicyclic amines) is 1. The van der Waals surface area contributed by atoms with E-state index in [0.29, 0.717) is 17.1 Å². The Bertz CT molecular complexity index is 493. The van der Waals surface area contributed by atoms with Crippen molar-refractivity contribution >= 4 is 17.5 Å². The van der Waals surface area contributed by atoms with Gasteiger partial charge in [-0.15, -0.1) is 0 Å². The summed E-state index contributed by atoms with van der Waals surface area (Å²) in [6.45, 7) is 2.52. The van der Waals surface area contributed by atoms with Gasteiger partial charge in [0.15, 0.2) is 0 Å². The molecule has 1 aromatic rings. The summed E-state index contributed by atoms with van der Waals surface area (Å²) in [6, 6.07) is 7.10. The van der Waals surface area contributed by atoms with Gasteiger partial charge in [0.2, 0.25) is 0 Å². The molecule has 88 valence electrons. The number of hydrogen-bond donors (Lipinski definition) is 0. The van der Waals surface area contributed by atoms with Gasteiger partial charge in [-0.1, -0.05) is 11.6 Å². The maximum Gasteiger partial charge on any atom is 0.255 e. The maximum atomic E-state index is 12.3. The zero-order valence-corrected chi connectivity index (χ0v) is 10.4. The molecule has 0 spiro atoms. The zero-order valence-electron chi connectivity index (χ0n) is 9.61. The topological polar surface area (TPSA) is 44.1 Å². The highest BCUT2D eigenvalue weighted by atomic mass is 35.5. The number of carbonyl (C=O) groups is 1. The fourth-order valence-corrected chi connectivity index (χ4v) is 2.39. The molecular weight excluding hydrogens is 236 g/mol. The first-order valence-electron chi connectivity index (χ1n) is 5.60. The van der Waals surface area contributed by atoms with Crippen molar-refractivity contribution < 1.29 is 4.79 Å². The number of nitrogens with zero attached hydrogens (tertiary/aromatic N) is 2. The summed E-state index contributed by atoms with van der Waals surface area (Å²) in [6.07, 6.45) is 1.67. The highest BCUT2D eigenvalue weighted by Crippen LogP contribution is 2.22. The number of hydrogen-bond acceptors (Lipinski definition) is 2. The first-order chi connectivity index (χ1) is 8.13. The summed E-state index contributed by atoms with van der Waals surface area (Å²) in [5.74, 6) is -0.0665. The predicted molar refractivity (Wildman–Crippen MR) is 65.9 cm³/mol. The largest absolute Gasteiger partial charge is 0.323 e. The molecule has 1 aliphatic heterocycles. The van der Waals surface area contributed by atoms with Crippen molar-refractivity contribution in [3.05, 3.63) is 34.3 Å². The van der Waals surface area contributed by atoms with Crippen LogP contribution < -0.4 is 0 Å². The number of benzene rings is 1. The van der Waals surface area contributed by atoms with Crippen molar-refractivity contribution in [2.45, 2.75) is 25.8 Å². The Morgan fingerprint density at radius 2 is 2.35 bits per heavy atom. The first kappa shape index (κ1) is 11.9. The van der Waals surface area contributed by atoms with Crippen LogP contribution in [0.5, 0.6) is 0 Å². The Kier molecular flexibility index (Phi) is 3.35. The van der Waals surface area contributed by atoms with Gasteiger partial charge in [-0.3, -0.25) is 4.79 Å². The van der Waals surface area contributed by atoms with Gasteiger partial charge in [0.25, 0.3) is 5.91 Å². The Morgan fingerprint density at radius 1 is 1.59 bits per heavy atom. The number of carbonyl (C=O) groups excluding carboxylic acids is 1. The van der Waals surface area contributed by atoms with E-state index in [1.165, 1.54) is 0 Å². The lowest BCUT2D eigenvalue weighted by molar-refractivity contribution is 0.0764. The van der Waals surface area contributed by atoms with Gasteiger partial charge in [-0.25, -0.2) is 0 Å². The fourth-order valence-electron chi connectivity index (χ4n) is 2.17. The van der Waals surface area contributed by atoms with E-state index in [4.69, 9.17) is 16.9 Å². The Hall–Kier alpha value is -1.53. The van der Waals surface area contributed by atoms with Gasteiger partial charge in [0.1, 0.15) is 6.04 Å². The molecule has 1 atom stereocenters. The van der Waals surface area contributed by atoms with Gasteiger partial charge < -0.3 is 4.90 Å². The van der Waals surface area contributed by atoms with Gasteiger partial charge in [0, 0.05) is 17.1 Å². The van der Waals surface area contributed by atoms with Crippen LogP contribution in [0.3, 0.4) is 0 Å². The number of nitriles is 1. The van der Waals surface area contributed by atoms with Crippen molar-refractivity contribution in [1.82, 2.24) is 4.90 Å². The van der Waals surface area contributed by atoms with Crippen LogP contribution in [0.1, 0.15) is 28.8 Å². The van der Waals surface area contributed by atoms with Crippen molar-refractivity contribution in [3.8, 4) is 6.07 Å². The van der Waals surface area contributed by atoms with Gasteiger partial charge in [-0.05, 0) is 43.5 Å². The number of rotatable bonds is 1. The minimum absolute atomic E-state index is 0.0665. The predicted octanol–water partition coefficient (Wildman–Crippen LogP) is 2.78. The zero-order chi connectivity index (χ0) is 12.4. The van der Waals surface area contributed by atoms with Gasteiger partial charge in [0.05, 0.1) is 6.07 Å². The number of amides is 1. The molecule has 1 aromatic carbocycles. The maximum absolute atomic E-state index is 12.3. The van der Waals surface area contributed by atoms with Gasteiger partial charge >= 0.3 is 0 Å². The summed E-state index contributed by atoms with van der Waals surface area (Å²) in [5, 5.41) is 9.60. The van der Waals surface area contributed by atoms with E-state index in [1.807, 2.05) is 6.92 Å². The lowest BCUT2D eigenvalue weighted by Gasteiger charge is -2.20. The number of halogens is 1. The summed E-state index contributed by atoms with van der Waals surface area (Å²) < 4.78 is 0. The average Bonchev–Trinajstić information content (AvgIpc) is 2.76. The van der Waals surface area contributed by atoms with Crippen LogP contribution in [0.25, 0.3) is 0 Å². The monoisotopic (exact) mass is 248 g/mol. The fraction of sp³-hybridized carbons (Fsp3) is 0.385. The molecule has 4 heteroatoms. The van der Waals surface area contributed by atoms with Crippen LogP contribution in [-0.4, -0.2) is 23.4 Å². The third kappa shape index (κ3) is 2.27. The molecule has 2 rings (SSSR count). The van der Waals surface area contributed by atoms with Crippen LogP contribution in [0, 0.1) is 18.3 Å². The highest BCUT2D eigenvalue weighted by Gasteiger charge is 2.29. The third-order valence-electron chi connectivity index (χ3n) is 3.08. The molecule has 0 saturated carbocycles. The first-order valence-corrected chi connectivity index (χ1v) is 5.98.